The molecule has 2 aliphatic heterocycles. The quantitative estimate of drug-likeness (QED) is 0.835. The van der Waals surface area contributed by atoms with Crippen molar-refractivity contribution in [3.63, 3.8) is 0 Å². The monoisotopic (exact) mass is 283 g/mol. The Morgan fingerprint density at radius 2 is 2.37 bits per heavy atom. The predicted octanol–water partition coefficient (Wildman–Crippen LogP) is 0.979. The SMILES string of the molecule is Cl.O=C([C@@H]1[C@H]2CC[C@@H]1NC2)N1CCc2nocc2C1. The third-order valence-electron chi connectivity index (χ3n) is 4.74. The molecule has 19 heavy (non-hydrogen) atoms. The number of aromatic nitrogens is 1. The van der Waals surface area contributed by atoms with Crippen LogP contribution in [0.3, 0.4) is 0 Å². The molecule has 0 spiro atoms. The van der Waals surface area contributed by atoms with Crippen molar-refractivity contribution < 1.29 is 9.32 Å². The van der Waals surface area contributed by atoms with Gasteiger partial charge in [-0.2, -0.15) is 0 Å². The molecule has 1 amide bonds. The summed E-state index contributed by atoms with van der Waals surface area (Å²) in [5.41, 5.74) is 2.10. The van der Waals surface area contributed by atoms with E-state index in [2.05, 4.69) is 10.5 Å². The topological polar surface area (TPSA) is 58.4 Å². The standard InChI is InChI=1S/C13H17N3O2.ClH/c17-13(12-8-1-2-11(12)14-5-8)16-4-3-10-9(6-16)7-18-15-10;/h7-8,11-12,14H,1-6H2;1H/t8-,11-,12+;/m0./s1. The fourth-order valence-electron chi connectivity index (χ4n) is 3.76. The van der Waals surface area contributed by atoms with Gasteiger partial charge in [-0.1, -0.05) is 5.16 Å². The Labute approximate surface area is 118 Å². The molecule has 2 fully saturated rings. The van der Waals surface area contributed by atoms with E-state index in [0.29, 0.717) is 24.4 Å². The molecule has 5 nitrogen and oxygen atoms in total. The lowest BCUT2D eigenvalue weighted by atomic mass is 9.95. The molecule has 1 aromatic rings. The average molecular weight is 284 g/mol. The van der Waals surface area contributed by atoms with Gasteiger partial charge in [0.2, 0.25) is 5.91 Å². The van der Waals surface area contributed by atoms with Gasteiger partial charge in [-0.15, -0.1) is 12.4 Å². The van der Waals surface area contributed by atoms with Crippen LogP contribution in [-0.2, 0) is 17.8 Å². The average Bonchev–Trinajstić information content (AvgIpc) is 3.12. The first kappa shape index (κ1) is 12.9. The van der Waals surface area contributed by atoms with Crippen molar-refractivity contribution in [2.75, 3.05) is 13.1 Å². The van der Waals surface area contributed by atoms with Crippen molar-refractivity contribution in [2.24, 2.45) is 11.8 Å². The fraction of sp³-hybridized carbons (Fsp3) is 0.692. The minimum absolute atomic E-state index is 0. The van der Waals surface area contributed by atoms with Gasteiger partial charge in [0, 0.05) is 24.6 Å². The molecule has 1 saturated heterocycles. The van der Waals surface area contributed by atoms with E-state index in [4.69, 9.17) is 4.52 Å². The van der Waals surface area contributed by atoms with Crippen LogP contribution < -0.4 is 5.32 Å². The van der Waals surface area contributed by atoms with Crippen LogP contribution in [0, 0.1) is 11.8 Å². The van der Waals surface area contributed by atoms with Gasteiger partial charge in [0.05, 0.1) is 18.2 Å². The van der Waals surface area contributed by atoms with Crippen LogP contribution in [0.2, 0.25) is 0 Å². The number of carbonyl (C=O) groups is 1. The van der Waals surface area contributed by atoms with Crippen LogP contribution in [-0.4, -0.2) is 35.1 Å². The van der Waals surface area contributed by atoms with E-state index >= 15 is 0 Å². The van der Waals surface area contributed by atoms with Crippen molar-refractivity contribution >= 4 is 18.3 Å². The van der Waals surface area contributed by atoms with E-state index in [1.807, 2.05) is 4.90 Å². The van der Waals surface area contributed by atoms with Gasteiger partial charge < -0.3 is 14.7 Å². The van der Waals surface area contributed by atoms with Crippen LogP contribution in [0.4, 0.5) is 0 Å². The van der Waals surface area contributed by atoms with Gasteiger partial charge in [-0.3, -0.25) is 4.79 Å². The Bertz CT molecular complexity index is 470. The van der Waals surface area contributed by atoms with E-state index in [1.165, 1.54) is 6.42 Å². The Hall–Kier alpha value is -1.07. The number of hydrogen-bond acceptors (Lipinski definition) is 4. The number of hydrogen-bond donors (Lipinski definition) is 1. The molecule has 104 valence electrons. The Morgan fingerprint density at radius 3 is 3.05 bits per heavy atom. The molecular weight excluding hydrogens is 266 g/mol. The van der Waals surface area contributed by atoms with Gasteiger partial charge in [0.25, 0.3) is 0 Å². The molecule has 1 saturated carbocycles. The summed E-state index contributed by atoms with van der Waals surface area (Å²) in [6.07, 6.45) is 4.87. The van der Waals surface area contributed by atoms with E-state index in [0.717, 1.165) is 37.2 Å². The zero-order valence-corrected chi connectivity index (χ0v) is 11.5. The normalized spacial score (nSPS) is 32.0. The Kier molecular flexibility index (Phi) is 3.27. The van der Waals surface area contributed by atoms with Crippen LogP contribution in [0.25, 0.3) is 0 Å². The minimum atomic E-state index is 0. The molecule has 3 aliphatic rings. The second kappa shape index (κ2) is 4.80. The third kappa shape index (κ3) is 1.96. The number of nitrogens with zero attached hydrogens (tertiary/aromatic N) is 2. The highest BCUT2D eigenvalue weighted by atomic mass is 35.5. The zero-order chi connectivity index (χ0) is 12.1. The summed E-state index contributed by atoms with van der Waals surface area (Å²) in [7, 11) is 0. The Morgan fingerprint density at radius 1 is 1.47 bits per heavy atom. The highest BCUT2D eigenvalue weighted by Gasteiger charge is 2.47. The summed E-state index contributed by atoms with van der Waals surface area (Å²) in [5, 5.41) is 7.43. The van der Waals surface area contributed by atoms with Gasteiger partial charge in [0.1, 0.15) is 6.26 Å². The van der Waals surface area contributed by atoms with Crippen LogP contribution in [0.1, 0.15) is 24.1 Å². The summed E-state index contributed by atoms with van der Waals surface area (Å²) in [6, 6.07) is 0.423. The Balaban J connectivity index is 0.00000110. The number of piperidine rings is 1. The molecular formula is C13H18ClN3O2. The maximum atomic E-state index is 12.6. The first-order chi connectivity index (χ1) is 8.83. The van der Waals surface area contributed by atoms with Gasteiger partial charge in [0.15, 0.2) is 0 Å². The summed E-state index contributed by atoms with van der Waals surface area (Å²) in [6.45, 7) is 2.48. The van der Waals surface area contributed by atoms with E-state index in [-0.39, 0.29) is 18.3 Å². The van der Waals surface area contributed by atoms with Crippen LogP contribution in [0.15, 0.2) is 10.8 Å². The number of carbonyl (C=O) groups excluding carboxylic acids is 1. The van der Waals surface area contributed by atoms with Crippen molar-refractivity contribution in [1.29, 1.82) is 0 Å². The largest absolute Gasteiger partial charge is 0.364 e. The molecule has 6 heteroatoms. The lowest BCUT2D eigenvalue weighted by Gasteiger charge is -2.29. The summed E-state index contributed by atoms with van der Waals surface area (Å²) in [4.78, 5) is 14.6. The number of nitrogens with one attached hydrogen (secondary N) is 1. The van der Waals surface area contributed by atoms with Crippen molar-refractivity contribution in [3.05, 3.63) is 17.5 Å². The number of fused-ring (bicyclic) bond motifs is 3. The van der Waals surface area contributed by atoms with E-state index < -0.39 is 0 Å². The van der Waals surface area contributed by atoms with Crippen LogP contribution >= 0.6 is 12.4 Å². The summed E-state index contributed by atoms with van der Waals surface area (Å²) < 4.78 is 4.98. The molecule has 1 N–H and O–H groups in total. The number of halogens is 1. The molecule has 0 aromatic carbocycles. The second-order valence-electron chi connectivity index (χ2n) is 5.67. The smallest absolute Gasteiger partial charge is 0.227 e. The first-order valence-electron chi connectivity index (χ1n) is 6.77. The molecule has 0 unspecified atom stereocenters. The molecule has 1 aliphatic carbocycles. The molecule has 1 aromatic heterocycles. The molecule has 4 rings (SSSR count). The molecule has 3 heterocycles. The van der Waals surface area contributed by atoms with Crippen LogP contribution in [0.5, 0.6) is 0 Å². The maximum absolute atomic E-state index is 12.6. The first-order valence-corrected chi connectivity index (χ1v) is 6.77. The lowest BCUT2D eigenvalue weighted by molar-refractivity contribution is -0.137. The fourth-order valence-corrected chi connectivity index (χ4v) is 3.76. The number of amides is 1. The third-order valence-corrected chi connectivity index (χ3v) is 4.74. The highest BCUT2D eigenvalue weighted by Crippen LogP contribution is 2.38. The van der Waals surface area contributed by atoms with Crippen molar-refractivity contribution in [1.82, 2.24) is 15.4 Å². The molecule has 0 radical (unpaired) electrons. The van der Waals surface area contributed by atoms with Crippen molar-refractivity contribution in [2.45, 2.75) is 31.8 Å². The summed E-state index contributed by atoms with van der Waals surface area (Å²) >= 11 is 0. The maximum Gasteiger partial charge on any atom is 0.227 e. The minimum Gasteiger partial charge on any atom is -0.364 e. The van der Waals surface area contributed by atoms with E-state index in [1.54, 1.807) is 6.26 Å². The lowest BCUT2D eigenvalue weighted by Crippen LogP contribution is -2.42. The van der Waals surface area contributed by atoms with Gasteiger partial charge >= 0.3 is 0 Å². The molecule has 2 bridgehead atoms. The number of rotatable bonds is 1. The molecule has 3 atom stereocenters. The van der Waals surface area contributed by atoms with Gasteiger partial charge in [-0.05, 0) is 25.3 Å². The van der Waals surface area contributed by atoms with E-state index in [9.17, 15) is 4.79 Å². The zero-order valence-electron chi connectivity index (χ0n) is 10.7. The summed E-state index contributed by atoms with van der Waals surface area (Å²) in [5.74, 6) is 1.11. The van der Waals surface area contributed by atoms with Crippen molar-refractivity contribution in [3.8, 4) is 0 Å². The second-order valence-corrected chi connectivity index (χ2v) is 5.67. The van der Waals surface area contributed by atoms with Gasteiger partial charge in [-0.25, -0.2) is 0 Å². The highest BCUT2D eigenvalue weighted by molar-refractivity contribution is 5.85. The predicted molar refractivity (Wildman–Crippen MR) is 70.9 cm³/mol.